The van der Waals surface area contributed by atoms with Gasteiger partial charge in [-0.3, -0.25) is 10.1 Å². The molecule has 1 rings (SSSR count). The fourth-order valence-corrected chi connectivity index (χ4v) is 1.57. The molecule has 2 N–H and O–H groups in total. The summed E-state index contributed by atoms with van der Waals surface area (Å²) in [6.07, 6.45) is -3.02. The second-order valence-corrected chi connectivity index (χ2v) is 3.90. The van der Waals surface area contributed by atoms with Crippen LogP contribution in [0.15, 0.2) is 12.1 Å². The molecule has 0 amide bonds. The average molecular weight is 312 g/mol. The third kappa shape index (κ3) is 2.96. The number of nitro groups is 1. The quantitative estimate of drug-likeness (QED) is 0.503. The van der Waals surface area contributed by atoms with Crippen LogP contribution in [0.2, 0.25) is 0 Å². The fourth-order valence-electron chi connectivity index (χ4n) is 1.21. The van der Waals surface area contributed by atoms with Crippen molar-refractivity contribution >= 4 is 21.6 Å². The second-order valence-electron chi connectivity index (χ2n) is 3.25. The first kappa shape index (κ1) is 13.9. The Labute approximate surface area is 103 Å². The van der Waals surface area contributed by atoms with Crippen molar-refractivity contribution in [1.29, 1.82) is 0 Å². The molecule has 0 aliphatic carbocycles. The average Bonchev–Trinajstić information content (AvgIpc) is 2.26. The summed E-state index contributed by atoms with van der Waals surface area (Å²) in [7, 11) is 0. The summed E-state index contributed by atoms with van der Waals surface area (Å²) in [4.78, 5) is 9.40. The van der Waals surface area contributed by atoms with Crippen LogP contribution in [-0.4, -0.2) is 26.6 Å². The van der Waals surface area contributed by atoms with Crippen LogP contribution in [-0.2, 0) is 0 Å². The number of benzene rings is 1. The summed E-state index contributed by atoms with van der Waals surface area (Å²) in [6, 6.07) is 0.874. The normalized spacial score (nSPS) is 14.4. The van der Waals surface area contributed by atoms with E-state index in [0.29, 0.717) is 12.1 Å². The van der Waals surface area contributed by atoms with Crippen LogP contribution in [0.4, 0.5) is 14.5 Å². The van der Waals surface area contributed by atoms with Crippen molar-refractivity contribution in [2.75, 3.05) is 5.33 Å². The Bertz CT molecular complexity index is 443. The molecule has 0 spiro atoms. The molecule has 0 aromatic heterocycles. The van der Waals surface area contributed by atoms with E-state index in [1.54, 1.807) is 0 Å². The molecule has 2 atom stereocenters. The van der Waals surface area contributed by atoms with Gasteiger partial charge in [0.15, 0.2) is 0 Å². The molecule has 94 valence electrons. The van der Waals surface area contributed by atoms with E-state index in [4.69, 9.17) is 0 Å². The number of aliphatic hydroxyl groups excluding tert-OH is 2. The van der Waals surface area contributed by atoms with Crippen LogP contribution >= 0.6 is 15.9 Å². The molecule has 5 nitrogen and oxygen atoms in total. The minimum absolute atomic E-state index is 0.0568. The standard InChI is InChI=1S/C9H8BrF2NO4/c10-3-8(14)9(15)4-1-7(13(16)17)6(12)2-5(4)11/h1-2,8-9,14-15H,3H2. The predicted octanol–water partition coefficient (Wildman–Crippen LogP) is 1.66. The third-order valence-electron chi connectivity index (χ3n) is 2.10. The lowest BCUT2D eigenvalue weighted by atomic mass is 10.0. The minimum atomic E-state index is -1.67. The van der Waals surface area contributed by atoms with Crippen molar-refractivity contribution < 1.29 is 23.9 Å². The molecule has 1 aromatic rings. The maximum absolute atomic E-state index is 13.3. The second kappa shape index (κ2) is 5.48. The fraction of sp³-hybridized carbons (Fsp3) is 0.333. The highest BCUT2D eigenvalue weighted by Crippen LogP contribution is 2.27. The van der Waals surface area contributed by atoms with Gasteiger partial charge in [0.05, 0.1) is 11.0 Å². The van der Waals surface area contributed by atoms with Crippen molar-refractivity contribution in [3.8, 4) is 0 Å². The first-order valence-corrected chi connectivity index (χ1v) is 5.56. The minimum Gasteiger partial charge on any atom is -0.389 e. The highest BCUT2D eigenvalue weighted by Gasteiger charge is 2.26. The van der Waals surface area contributed by atoms with Gasteiger partial charge >= 0.3 is 5.69 Å². The van der Waals surface area contributed by atoms with Crippen molar-refractivity contribution in [2.24, 2.45) is 0 Å². The number of hydrogen-bond acceptors (Lipinski definition) is 4. The Balaban J connectivity index is 3.24. The highest BCUT2D eigenvalue weighted by molar-refractivity contribution is 9.09. The molecule has 0 radical (unpaired) electrons. The van der Waals surface area contributed by atoms with Crippen molar-refractivity contribution in [2.45, 2.75) is 12.2 Å². The number of nitrogens with zero attached hydrogens (tertiary/aromatic N) is 1. The molecule has 0 aliphatic rings. The Hall–Kier alpha value is -1.12. The number of nitro benzene ring substituents is 1. The summed E-state index contributed by atoms with van der Waals surface area (Å²) in [5.41, 5.74) is -1.48. The molecule has 2 unspecified atom stereocenters. The molecule has 17 heavy (non-hydrogen) atoms. The third-order valence-corrected chi connectivity index (χ3v) is 2.77. The first-order valence-electron chi connectivity index (χ1n) is 4.44. The molecule has 8 heteroatoms. The van der Waals surface area contributed by atoms with Crippen LogP contribution in [0, 0.1) is 21.7 Å². The topological polar surface area (TPSA) is 83.6 Å². The van der Waals surface area contributed by atoms with E-state index in [0.717, 1.165) is 0 Å². The molecule has 0 saturated carbocycles. The maximum Gasteiger partial charge on any atom is 0.305 e. The smallest absolute Gasteiger partial charge is 0.305 e. The van der Waals surface area contributed by atoms with Gasteiger partial charge in [-0.2, -0.15) is 4.39 Å². The number of halogens is 3. The highest BCUT2D eigenvalue weighted by atomic mass is 79.9. The van der Waals surface area contributed by atoms with Crippen LogP contribution in [0.25, 0.3) is 0 Å². The largest absolute Gasteiger partial charge is 0.389 e. The summed E-state index contributed by atoms with van der Waals surface area (Å²) >= 11 is 2.86. The SMILES string of the molecule is O=[N+]([O-])c1cc(C(O)C(O)CBr)c(F)cc1F. The van der Waals surface area contributed by atoms with E-state index >= 15 is 0 Å². The lowest BCUT2D eigenvalue weighted by Crippen LogP contribution is -2.20. The van der Waals surface area contributed by atoms with Crippen molar-refractivity contribution in [3.05, 3.63) is 39.4 Å². The Morgan fingerprint density at radius 2 is 1.94 bits per heavy atom. The van der Waals surface area contributed by atoms with E-state index in [-0.39, 0.29) is 5.33 Å². The summed E-state index contributed by atoms with van der Waals surface area (Å²) in [5.74, 6) is -2.49. The van der Waals surface area contributed by atoms with Gasteiger partial charge in [-0.25, -0.2) is 4.39 Å². The van der Waals surface area contributed by atoms with Crippen molar-refractivity contribution in [1.82, 2.24) is 0 Å². The number of aliphatic hydroxyl groups is 2. The predicted molar refractivity (Wildman–Crippen MR) is 57.8 cm³/mol. The summed E-state index contributed by atoms with van der Waals surface area (Å²) < 4.78 is 26.3. The summed E-state index contributed by atoms with van der Waals surface area (Å²) in [5, 5.41) is 29.2. The Morgan fingerprint density at radius 3 is 2.41 bits per heavy atom. The maximum atomic E-state index is 13.3. The first-order chi connectivity index (χ1) is 7.88. The zero-order chi connectivity index (χ0) is 13.2. The summed E-state index contributed by atoms with van der Waals surface area (Å²) in [6.45, 7) is 0. The van der Waals surface area contributed by atoms with Crippen molar-refractivity contribution in [3.63, 3.8) is 0 Å². The van der Waals surface area contributed by atoms with E-state index in [2.05, 4.69) is 15.9 Å². The molecule has 0 aliphatic heterocycles. The van der Waals surface area contributed by atoms with Crippen LogP contribution in [0.1, 0.15) is 11.7 Å². The lowest BCUT2D eigenvalue weighted by Gasteiger charge is -2.16. The molecule has 0 saturated heterocycles. The molecular formula is C9H8BrF2NO4. The van der Waals surface area contributed by atoms with Gasteiger partial charge in [-0.1, -0.05) is 15.9 Å². The van der Waals surface area contributed by atoms with Gasteiger partial charge in [0.25, 0.3) is 0 Å². The monoisotopic (exact) mass is 311 g/mol. The molecule has 0 fully saturated rings. The van der Waals surface area contributed by atoms with E-state index in [9.17, 15) is 29.1 Å². The number of hydrogen-bond donors (Lipinski definition) is 2. The van der Waals surface area contributed by atoms with Crippen LogP contribution in [0.5, 0.6) is 0 Å². The van der Waals surface area contributed by atoms with Crippen LogP contribution < -0.4 is 0 Å². The Morgan fingerprint density at radius 1 is 1.35 bits per heavy atom. The zero-order valence-electron chi connectivity index (χ0n) is 8.31. The van der Waals surface area contributed by atoms with E-state index in [1.165, 1.54) is 0 Å². The molecule has 0 heterocycles. The zero-order valence-corrected chi connectivity index (χ0v) is 9.89. The van der Waals surface area contributed by atoms with Gasteiger partial charge in [0.1, 0.15) is 11.9 Å². The molecular weight excluding hydrogens is 304 g/mol. The van der Waals surface area contributed by atoms with Gasteiger partial charge in [-0.05, 0) is 0 Å². The van der Waals surface area contributed by atoms with E-state index in [1.807, 2.05) is 0 Å². The lowest BCUT2D eigenvalue weighted by molar-refractivity contribution is -0.387. The van der Waals surface area contributed by atoms with Gasteiger partial charge in [0, 0.05) is 23.0 Å². The van der Waals surface area contributed by atoms with E-state index < -0.39 is 40.0 Å². The Kier molecular flexibility index (Phi) is 4.49. The van der Waals surface area contributed by atoms with Crippen LogP contribution in [0.3, 0.4) is 0 Å². The van der Waals surface area contributed by atoms with Gasteiger partial charge in [-0.15, -0.1) is 0 Å². The van der Waals surface area contributed by atoms with Gasteiger partial charge < -0.3 is 10.2 Å². The molecule has 1 aromatic carbocycles. The van der Waals surface area contributed by atoms with Gasteiger partial charge in [0.2, 0.25) is 5.82 Å². The molecule has 0 bridgehead atoms. The number of rotatable bonds is 4. The number of alkyl halides is 1.